The van der Waals surface area contributed by atoms with Gasteiger partial charge in [0.2, 0.25) is 11.8 Å². The van der Waals surface area contributed by atoms with Crippen LogP contribution in [0.4, 0.5) is 0 Å². The number of aromatic nitrogens is 2. The van der Waals surface area contributed by atoms with Crippen LogP contribution in [-0.4, -0.2) is 28.4 Å². The summed E-state index contributed by atoms with van der Waals surface area (Å²) in [5, 5.41) is 16.7. The van der Waals surface area contributed by atoms with E-state index in [4.69, 9.17) is 14.3 Å². The molecule has 6 heteroatoms. The highest BCUT2D eigenvalue weighted by molar-refractivity contribution is 5.88. The number of benzene rings is 1. The zero-order valence-corrected chi connectivity index (χ0v) is 10.9. The van der Waals surface area contributed by atoms with Crippen molar-refractivity contribution >= 4 is 5.97 Å². The van der Waals surface area contributed by atoms with E-state index in [0.717, 1.165) is 0 Å². The fourth-order valence-corrected chi connectivity index (χ4v) is 1.43. The minimum absolute atomic E-state index is 0.209. The average molecular weight is 262 g/mol. The maximum Gasteiger partial charge on any atom is 0.335 e. The van der Waals surface area contributed by atoms with Crippen molar-refractivity contribution in [3.05, 3.63) is 35.7 Å². The molecule has 0 saturated heterocycles. The van der Waals surface area contributed by atoms with Gasteiger partial charge in [0.15, 0.2) is 0 Å². The molecule has 0 aliphatic heterocycles. The van der Waals surface area contributed by atoms with Gasteiger partial charge in [-0.3, -0.25) is 0 Å². The van der Waals surface area contributed by atoms with E-state index in [2.05, 4.69) is 10.2 Å². The average Bonchev–Trinajstić information content (AvgIpc) is 2.89. The molecule has 6 nitrogen and oxygen atoms in total. The molecule has 0 bridgehead atoms. The van der Waals surface area contributed by atoms with Crippen LogP contribution in [0.1, 0.15) is 30.1 Å². The summed E-state index contributed by atoms with van der Waals surface area (Å²) in [7, 11) is 1.56. The van der Waals surface area contributed by atoms with Gasteiger partial charge >= 0.3 is 5.97 Å². The van der Waals surface area contributed by atoms with E-state index in [0.29, 0.717) is 17.3 Å². The van der Waals surface area contributed by atoms with E-state index < -0.39 is 11.6 Å². The van der Waals surface area contributed by atoms with E-state index in [1.54, 1.807) is 19.2 Å². The molecule has 0 fully saturated rings. The normalized spacial score (nSPS) is 11.5. The number of carbonyl (C=O) groups is 1. The third kappa shape index (κ3) is 2.63. The number of methoxy groups -OCH3 is 1. The van der Waals surface area contributed by atoms with Crippen LogP contribution in [0, 0.1) is 0 Å². The summed E-state index contributed by atoms with van der Waals surface area (Å²) >= 11 is 0. The van der Waals surface area contributed by atoms with Crippen molar-refractivity contribution < 1.29 is 19.1 Å². The second-order valence-corrected chi connectivity index (χ2v) is 4.51. The van der Waals surface area contributed by atoms with E-state index in [1.807, 2.05) is 13.8 Å². The lowest BCUT2D eigenvalue weighted by Crippen LogP contribution is -2.19. The quantitative estimate of drug-likeness (QED) is 0.910. The fraction of sp³-hybridized carbons (Fsp3) is 0.308. The van der Waals surface area contributed by atoms with Gasteiger partial charge in [0.25, 0.3) is 0 Å². The first-order valence-electron chi connectivity index (χ1n) is 5.67. The molecule has 1 heterocycles. The maximum atomic E-state index is 10.8. The van der Waals surface area contributed by atoms with Crippen LogP contribution < -0.4 is 0 Å². The van der Waals surface area contributed by atoms with E-state index >= 15 is 0 Å². The van der Waals surface area contributed by atoms with Gasteiger partial charge in [0, 0.05) is 12.7 Å². The number of carboxylic acids is 1. The molecule has 0 radical (unpaired) electrons. The number of carboxylic acid groups (broad SMARTS) is 1. The molecule has 0 aliphatic rings. The van der Waals surface area contributed by atoms with E-state index in [-0.39, 0.29) is 5.56 Å². The van der Waals surface area contributed by atoms with E-state index in [1.165, 1.54) is 12.1 Å². The Balaban J connectivity index is 2.30. The van der Waals surface area contributed by atoms with Crippen molar-refractivity contribution in [1.82, 2.24) is 10.2 Å². The monoisotopic (exact) mass is 262 g/mol. The van der Waals surface area contributed by atoms with Gasteiger partial charge in [-0.15, -0.1) is 10.2 Å². The van der Waals surface area contributed by atoms with Crippen molar-refractivity contribution in [2.75, 3.05) is 7.11 Å². The summed E-state index contributed by atoms with van der Waals surface area (Å²) in [5.41, 5.74) is 0.211. The highest BCUT2D eigenvalue weighted by Crippen LogP contribution is 2.26. The molecule has 0 amide bonds. The second-order valence-electron chi connectivity index (χ2n) is 4.51. The molecule has 0 atom stereocenters. The van der Waals surface area contributed by atoms with Crippen LogP contribution in [-0.2, 0) is 10.3 Å². The molecule has 0 unspecified atom stereocenters. The van der Waals surface area contributed by atoms with Gasteiger partial charge in [-0.05, 0) is 38.1 Å². The lowest BCUT2D eigenvalue weighted by atomic mass is 10.1. The number of rotatable bonds is 4. The summed E-state index contributed by atoms with van der Waals surface area (Å²) in [6.07, 6.45) is 0. The summed E-state index contributed by atoms with van der Waals surface area (Å²) in [6.45, 7) is 3.63. The lowest BCUT2D eigenvalue weighted by molar-refractivity contribution is -0.00338. The van der Waals surface area contributed by atoms with Crippen LogP contribution >= 0.6 is 0 Å². The van der Waals surface area contributed by atoms with Crippen molar-refractivity contribution in [3.63, 3.8) is 0 Å². The Kier molecular flexibility index (Phi) is 3.35. The molecule has 2 aromatic rings. The summed E-state index contributed by atoms with van der Waals surface area (Å²) in [6, 6.07) is 6.23. The molecule has 2 rings (SSSR count). The predicted molar refractivity (Wildman–Crippen MR) is 66.7 cm³/mol. The number of hydrogen-bond donors (Lipinski definition) is 1. The Labute approximate surface area is 110 Å². The fourth-order valence-electron chi connectivity index (χ4n) is 1.43. The highest BCUT2D eigenvalue weighted by atomic mass is 16.5. The standard InChI is InChI=1S/C13H14N2O4/c1-13(2,18-3)12-15-14-10(19-12)8-4-6-9(7-5-8)11(16)17/h4-7H,1-3H3,(H,16,17). The molecular formula is C13H14N2O4. The Morgan fingerprint density at radius 2 is 1.89 bits per heavy atom. The summed E-state index contributed by atoms with van der Waals surface area (Å²) < 4.78 is 10.8. The number of aromatic carboxylic acids is 1. The molecule has 1 N–H and O–H groups in total. The molecular weight excluding hydrogens is 248 g/mol. The molecule has 1 aromatic carbocycles. The summed E-state index contributed by atoms with van der Waals surface area (Å²) in [5.74, 6) is -0.275. The van der Waals surface area contributed by atoms with Gasteiger partial charge in [-0.2, -0.15) is 0 Å². The zero-order valence-electron chi connectivity index (χ0n) is 10.9. The predicted octanol–water partition coefficient (Wildman–Crippen LogP) is 2.32. The smallest absolute Gasteiger partial charge is 0.335 e. The Morgan fingerprint density at radius 3 is 2.42 bits per heavy atom. The van der Waals surface area contributed by atoms with Gasteiger partial charge in [-0.25, -0.2) is 4.79 Å². The Morgan fingerprint density at radius 1 is 1.26 bits per heavy atom. The minimum atomic E-state index is -0.974. The Hall–Kier alpha value is -2.21. The Bertz CT molecular complexity index is 587. The van der Waals surface area contributed by atoms with Crippen LogP contribution in [0.15, 0.2) is 28.7 Å². The highest BCUT2D eigenvalue weighted by Gasteiger charge is 2.27. The van der Waals surface area contributed by atoms with Gasteiger partial charge in [0.1, 0.15) is 5.60 Å². The van der Waals surface area contributed by atoms with Crippen molar-refractivity contribution in [2.24, 2.45) is 0 Å². The van der Waals surface area contributed by atoms with Crippen molar-refractivity contribution in [1.29, 1.82) is 0 Å². The van der Waals surface area contributed by atoms with Gasteiger partial charge < -0.3 is 14.3 Å². The third-order valence-electron chi connectivity index (χ3n) is 2.83. The third-order valence-corrected chi connectivity index (χ3v) is 2.83. The number of hydrogen-bond acceptors (Lipinski definition) is 5. The summed E-state index contributed by atoms with van der Waals surface area (Å²) in [4.78, 5) is 10.8. The van der Waals surface area contributed by atoms with Gasteiger partial charge in [-0.1, -0.05) is 0 Å². The molecule has 0 spiro atoms. The van der Waals surface area contributed by atoms with Gasteiger partial charge in [0.05, 0.1) is 5.56 Å². The topological polar surface area (TPSA) is 85.5 Å². The van der Waals surface area contributed by atoms with Crippen LogP contribution in [0.5, 0.6) is 0 Å². The molecule has 19 heavy (non-hydrogen) atoms. The first-order chi connectivity index (χ1) is 8.94. The zero-order chi connectivity index (χ0) is 14.0. The largest absolute Gasteiger partial charge is 0.478 e. The van der Waals surface area contributed by atoms with Crippen LogP contribution in [0.3, 0.4) is 0 Å². The molecule has 0 aliphatic carbocycles. The molecule has 1 aromatic heterocycles. The van der Waals surface area contributed by atoms with E-state index in [9.17, 15) is 4.79 Å². The minimum Gasteiger partial charge on any atom is -0.478 e. The lowest BCUT2D eigenvalue weighted by Gasteiger charge is -2.17. The number of nitrogens with zero attached hydrogens (tertiary/aromatic N) is 2. The van der Waals surface area contributed by atoms with Crippen molar-refractivity contribution in [2.45, 2.75) is 19.4 Å². The first kappa shape index (κ1) is 13.2. The molecule has 0 saturated carbocycles. The maximum absolute atomic E-state index is 10.8. The van der Waals surface area contributed by atoms with Crippen LogP contribution in [0.2, 0.25) is 0 Å². The molecule has 100 valence electrons. The SMILES string of the molecule is COC(C)(C)c1nnc(-c2ccc(C(=O)O)cc2)o1. The van der Waals surface area contributed by atoms with Crippen LogP contribution in [0.25, 0.3) is 11.5 Å². The second kappa shape index (κ2) is 4.81. The number of ether oxygens (including phenoxy) is 1. The van der Waals surface area contributed by atoms with Crippen molar-refractivity contribution in [3.8, 4) is 11.5 Å². The first-order valence-corrected chi connectivity index (χ1v) is 5.67.